The highest BCUT2D eigenvalue weighted by Crippen LogP contribution is 2.42. The van der Waals surface area contributed by atoms with E-state index in [2.05, 4.69) is 22.1 Å². The van der Waals surface area contributed by atoms with Gasteiger partial charge in [-0.05, 0) is 98.9 Å². The predicted octanol–water partition coefficient (Wildman–Crippen LogP) is 7.38. The number of amides is 1. The number of pyridine rings is 2. The Morgan fingerprint density at radius 1 is 0.976 bits per heavy atom. The molecule has 0 bridgehead atoms. The number of carbonyl (C=O) groups is 1. The van der Waals surface area contributed by atoms with E-state index in [1.54, 1.807) is 12.3 Å². The molecule has 5 rings (SSSR count). The van der Waals surface area contributed by atoms with Gasteiger partial charge in [0, 0.05) is 43.3 Å². The Kier molecular flexibility index (Phi) is 7.96. The van der Waals surface area contributed by atoms with Gasteiger partial charge < -0.3 is 20.1 Å². The van der Waals surface area contributed by atoms with Crippen molar-refractivity contribution in [1.29, 1.82) is 0 Å². The van der Waals surface area contributed by atoms with Crippen LogP contribution in [0.15, 0.2) is 48.8 Å². The van der Waals surface area contributed by atoms with Gasteiger partial charge in [-0.2, -0.15) is 13.2 Å². The summed E-state index contributed by atoms with van der Waals surface area (Å²) < 4.78 is 51.4. The van der Waals surface area contributed by atoms with E-state index in [4.69, 9.17) is 15.2 Å². The Morgan fingerprint density at radius 2 is 1.73 bits per heavy atom. The summed E-state index contributed by atoms with van der Waals surface area (Å²) in [6.45, 7) is 7.55. The fraction of sp³-hybridized carbons (Fsp3) is 0.452. The topological polar surface area (TPSA) is 90.6 Å². The molecule has 0 spiro atoms. The van der Waals surface area contributed by atoms with Crippen molar-refractivity contribution < 1.29 is 27.4 Å². The summed E-state index contributed by atoms with van der Waals surface area (Å²) in [5.74, 6) is 0.422. The van der Waals surface area contributed by atoms with Crippen molar-refractivity contribution in [2.45, 2.75) is 70.2 Å². The molecule has 41 heavy (non-hydrogen) atoms. The lowest BCUT2D eigenvalue weighted by Gasteiger charge is -2.32. The molecule has 1 amide bonds. The van der Waals surface area contributed by atoms with Gasteiger partial charge in [0.1, 0.15) is 17.1 Å². The van der Waals surface area contributed by atoms with Crippen molar-refractivity contribution in [2.24, 2.45) is 0 Å². The minimum atomic E-state index is -4.58. The Labute approximate surface area is 237 Å². The number of nitrogens with two attached hydrogens (primary N) is 1. The number of rotatable bonds is 4. The van der Waals surface area contributed by atoms with Gasteiger partial charge in [-0.25, -0.2) is 9.78 Å². The third-order valence-corrected chi connectivity index (χ3v) is 7.60. The highest BCUT2D eigenvalue weighted by atomic mass is 19.4. The quantitative estimate of drug-likeness (QED) is 0.353. The third-order valence-electron chi connectivity index (χ3n) is 7.60. The maximum atomic E-state index is 13.3. The Balaban J connectivity index is 1.56. The summed E-state index contributed by atoms with van der Waals surface area (Å²) in [6.07, 6.45) is 1.28. The van der Waals surface area contributed by atoms with Gasteiger partial charge in [-0.1, -0.05) is 12.1 Å². The number of carbonyl (C=O) groups excluding carboxylic acids is 1. The van der Waals surface area contributed by atoms with Crippen LogP contribution in [0.1, 0.15) is 75.2 Å². The summed E-state index contributed by atoms with van der Waals surface area (Å²) in [4.78, 5) is 22.8. The average molecular weight is 569 g/mol. The molecule has 2 fully saturated rings. The van der Waals surface area contributed by atoms with Gasteiger partial charge in [0.15, 0.2) is 0 Å². The molecule has 3 aromatic rings. The summed E-state index contributed by atoms with van der Waals surface area (Å²) in [5, 5.41) is 0. The molecular formula is C31H35F3N4O3. The number of hydrogen-bond donors (Lipinski definition) is 1. The molecule has 2 aromatic heterocycles. The van der Waals surface area contributed by atoms with Crippen LogP contribution in [0, 0.1) is 0 Å². The van der Waals surface area contributed by atoms with Crippen LogP contribution in [-0.4, -0.2) is 46.3 Å². The summed E-state index contributed by atoms with van der Waals surface area (Å²) in [7, 11) is 0. The van der Waals surface area contributed by atoms with Crippen LogP contribution in [0.25, 0.3) is 22.3 Å². The molecule has 1 aromatic carbocycles. The first kappa shape index (κ1) is 28.9. The van der Waals surface area contributed by atoms with Gasteiger partial charge in [0.2, 0.25) is 0 Å². The van der Waals surface area contributed by atoms with E-state index in [0.717, 1.165) is 49.1 Å². The van der Waals surface area contributed by atoms with Crippen molar-refractivity contribution in [3.8, 4) is 22.3 Å². The molecule has 4 heterocycles. The van der Waals surface area contributed by atoms with Crippen molar-refractivity contribution in [3.05, 3.63) is 65.6 Å². The number of ether oxygens (including phenoxy) is 2. The van der Waals surface area contributed by atoms with Crippen LogP contribution in [-0.2, 0) is 15.7 Å². The van der Waals surface area contributed by atoms with Crippen LogP contribution >= 0.6 is 0 Å². The second-order valence-corrected chi connectivity index (χ2v) is 11.6. The number of hydrogen-bond acceptors (Lipinski definition) is 6. The Hall–Kier alpha value is -3.66. The van der Waals surface area contributed by atoms with Gasteiger partial charge in [-0.15, -0.1) is 0 Å². The number of nitrogen functional groups attached to an aromatic ring is 1. The highest BCUT2D eigenvalue weighted by Gasteiger charge is 2.36. The molecule has 1 unspecified atom stereocenters. The van der Waals surface area contributed by atoms with Gasteiger partial charge >= 0.3 is 12.3 Å². The molecule has 0 aliphatic carbocycles. The normalized spacial score (nSPS) is 18.5. The SMILES string of the molecule is CC(C)(C)OC(=O)N1CCCC1c1cc(-c2cnc(N)c(-c3ccnc(C(F)(F)F)c3)c2)ccc1C1CCOCC1. The van der Waals surface area contributed by atoms with E-state index in [-0.39, 0.29) is 23.5 Å². The van der Waals surface area contributed by atoms with Crippen LogP contribution in [0.5, 0.6) is 0 Å². The van der Waals surface area contributed by atoms with E-state index in [0.29, 0.717) is 36.8 Å². The minimum absolute atomic E-state index is 0.124. The van der Waals surface area contributed by atoms with Crippen molar-refractivity contribution >= 4 is 11.9 Å². The highest BCUT2D eigenvalue weighted by molar-refractivity contribution is 5.80. The minimum Gasteiger partial charge on any atom is -0.444 e. The van der Waals surface area contributed by atoms with E-state index in [1.165, 1.54) is 11.6 Å². The molecule has 2 aliphatic rings. The molecule has 10 heteroatoms. The van der Waals surface area contributed by atoms with E-state index in [9.17, 15) is 18.0 Å². The largest absolute Gasteiger partial charge is 0.444 e. The molecule has 2 aliphatic heterocycles. The summed E-state index contributed by atoms with van der Waals surface area (Å²) in [6, 6.07) is 10.3. The number of halogens is 3. The fourth-order valence-electron chi connectivity index (χ4n) is 5.67. The zero-order valence-electron chi connectivity index (χ0n) is 23.5. The second-order valence-electron chi connectivity index (χ2n) is 11.6. The number of alkyl halides is 3. The molecule has 0 radical (unpaired) electrons. The van der Waals surface area contributed by atoms with Crippen molar-refractivity contribution in [3.63, 3.8) is 0 Å². The van der Waals surface area contributed by atoms with Crippen LogP contribution < -0.4 is 5.73 Å². The first-order valence-electron chi connectivity index (χ1n) is 13.9. The maximum absolute atomic E-state index is 13.3. The van der Waals surface area contributed by atoms with Gasteiger partial charge in [0.25, 0.3) is 0 Å². The lowest BCUT2D eigenvalue weighted by molar-refractivity contribution is -0.141. The molecule has 2 N–H and O–H groups in total. The standard InChI is InChI=1S/C31H35F3N4O3/c1-30(2,3)41-29(39)38-12-4-5-26(38)25-15-20(6-7-23(25)19-9-13-40-14-10-19)22-16-24(28(35)37-18-22)21-8-11-36-27(17-21)31(32,33)34/h6-8,11,15-19,26H,4-5,9-10,12-14H2,1-3H3,(H2,35,37). The maximum Gasteiger partial charge on any atom is 0.433 e. The van der Waals surface area contributed by atoms with Gasteiger partial charge in [-0.3, -0.25) is 4.98 Å². The zero-order chi connectivity index (χ0) is 29.4. The number of nitrogens with zero attached hydrogens (tertiary/aromatic N) is 3. The monoisotopic (exact) mass is 568 g/mol. The zero-order valence-corrected chi connectivity index (χ0v) is 23.5. The summed E-state index contributed by atoms with van der Waals surface area (Å²) >= 11 is 0. The van der Waals surface area contributed by atoms with Crippen LogP contribution in [0.3, 0.4) is 0 Å². The fourth-order valence-corrected chi connectivity index (χ4v) is 5.67. The average Bonchev–Trinajstić information content (AvgIpc) is 3.43. The molecule has 1 atom stereocenters. The number of likely N-dealkylation sites (tertiary alicyclic amines) is 1. The number of aromatic nitrogens is 2. The smallest absolute Gasteiger partial charge is 0.433 e. The predicted molar refractivity (Wildman–Crippen MR) is 150 cm³/mol. The third kappa shape index (κ3) is 6.48. The Bertz CT molecular complexity index is 1410. The molecule has 218 valence electrons. The molecular weight excluding hydrogens is 533 g/mol. The Morgan fingerprint density at radius 3 is 2.44 bits per heavy atom. The second kappa shape index (κ2) is 11.3. The lowest BCUT2D eigenvalue weighted by atomic mass is 9.83. The van der Waals surface area contributed by atoms with Gasteiger partial charge in [0.05, 0.1) is 6.04 Å². The van der Waals surface area contributed by atoms with Crippen LogP contribution in [0.4, 0.5) is 23.8 Å². The molecule has 0 saturated carbocycles. The van der Waals surface area contributed by atoms with Crippen molar-refractivity contribution in [2.75, 3.05) is 25.5 Å². The molecule has 7 nitrogen and oxygen atoms in total. The van der Waals surface area contributed by atoms with E-state index in [1.807, 2.05) is 31.7 Å². The number of benzene rings is 1. The van der Waals surface area contributed by atoms with Crippen LogP contribution in [0.2, 0.25) is 0 Å². The van der Waals surface area contributed by atoms with E-state index >= 15 is 0 Å². The van der Waals surface area contributed by atoms with E-state index < -0.39 is 17.5 Å². The van der Waals surface area contributed by atoms with Crippen molar-refractivity contribution in [1.82, 2.24) is 14.9 Å². The number of anilines is 1. The molecule has 2 saturated heterocycles. The first-order chi connectivity index (χ1) is 19.4. The lowest BCUT2D eigenvalue weighted by Crippen LogP contribution is -2.36. The first-order valence-corrected chi connectivity index (χ1v) is 13.9. The summed E-state index contributed by atoms with van der Waals surface area (Å²) in [5.41, 5.74) is 8.99.